The molecule has 0 aromatic heterocycles. The number of para-hydroxylation sites is 1. The molecule has 0 radical (unpaired) electrons. The summed E-state index contributed by atoms with van der Waals surface area (Å²) in [5, 5.41) is 0.221. The highest BCUT2D eigenvalue weighted by Gasteiger charge is 2.36. The van der Waals surface area contributed by atoms with Crippen LogP contribution in [0.5, 0.6) is 0 Å². The van der Waals surface area contributed by atoms with Gasteiger partial charge >= 0.3 is 0 Å². The van der Waals surface area contributed by atoms with Crippen molar-refractivity contribution in [1.29, 1.82) is 0 Å². The fourth-order valence-electron chi connectivity index (χ4n) is 3.59. The van der Waals surface area contributed by atoms with Crippen LogP contribution < -0.4 is 0 Å². The molecule has 5 rings (SSSR count). The Morgan fingerprint density at radius 3 is 2.42 bits per heavy atom. The van der Waals surface area contributed by atoms with Gasteiger partial charge in [-0.25, -0.2) is 4.39 Å². The highest BCUT2D eigenvalue weighted by Crippen LogP contribution is 2.51. The first-order valence-corrected chi connectivity index (χ1v) is 10.5. The SMILES string of the molecule is Fc1ccc([C@H]2Sc3ccccc3N=C3c4ccccc4SC[C@H]32)cc1. The topological polar surface area (TPSA) is 12.4 Å². The molecule has 2 atom stereocenters. The fraction of sp³-hybridized carbons (Fsp3) is 0.136. The van der Waals surface area contributed by atoms with Crippen LogP contribution in [0.1, 0.15) is 16.4 Å². The number of hydrogen-bond acceptors (Lipinski definition) is 3. The Bertz CT molecular complexity index is 997. The predicted molar refractivity (Wildman–Crippen MR) is 108 cm³/mol. The monoisotopic (exact) mass is 377 g/mol. The van der Waals surface area contributed by atoms with E-state index < -0.39 is 0 Å². The van der Waals surface area contributed by atoms with E-state index in [0.717, 1.165) is 22.7 Å². The third-order valence-electron chi connectivity index (χ3n) is 4.86. The van der Waals surface area contributed by atoms with Crippen LogP contribution in [0, 0.1) is 11.7 Å². The zero-order valence-corrected chi connectivity index (χ0v) is 15.6. The van der Waals surface area contributed by atoms with Crippen LogP contribution in [0.15, 0.2) is 87.6 Å². The molecular weight excluding hydrogens is 361 g/mol. The second kappa shape index (κ2) is 6.60. The molecule has 0 N–H and O–H groups in total. The molecule has 0 aliphatic carbocycles. The highest BCUT2D eigenvalue weighted by molar-refractivity contribution is 8.00. The molecule has 4 heteroatoms. The Balaban J connectivity index is 1.70. The number of benzene rings is 3. The minimum Gasteiger partial charge on any atom is -0.251 e. The van der Waals surface area contributed by atoms with E-state index in [-0.39, 0.29) is 17.0 Å². The molecule has 2 heterocycles. The number of thioether (sulfide) groups is 2. The smallest absolute Gasteiger partial charge is 0.123 e. The van der Waals surface area contributed by atoms with E-state index in [9.17, 15) is 4.39 Å². The third kappa shape index (κ3) is 2.78. The summed E-state index contributed by atoms with van der Waals surface area (Å²) in [6.07, 6.45) is 0. The largest absolute Gasteiger partial charge is 0.251 e. The lowest BCUT2D eigenvalue weighted by Crippen LogP contribution is -2.27. The summed E-state index contributed by atoms with van der Waals surface area (Å²) in [6, 6.07) is 23.8. The molecule has 3 aromatic carbocycles. The minimum absolute atomic E-state index is 0.190. The summed E-state index contributed by atoms with van der Waals surface area (Å²) in [6.45, 7) is 0. The van der Waals surface area contributed by atoms with Gasteiger partial charge in [-0.2, -0.15) is 0 Å². The Labute approximate surface area is 160 Å². The highest BCUT2D eigenvalue weighted by atomic mass is 32.2. The molecule has 0 saturated carbocycles. The van der Waals surface area contributed by atoms with Gasteiger partial charge in [0.25, 0.3) is 0 Å². The Morgan fingerprint density at radius 2 is 1.58 bits per heavy atom. The Hall–Kier alpha value is -2.04. The van der Waals surface area contributed by atoms with Gasteiger partial charge in [0.2, 0.25) is 0 Å². The second-order valence-corrected chi connectivity index (χ2v) is 8.71. The first-order valence-electron chi connectivity index (χ1n) is 8.61. The lowest BCUT2D eigenvalue weighted by Gasteiger charge is -2.31. The summed E-state index contributed by atoms with van der Waals surface area (Å²) in [5.74, 6) is 1.08. The van der Waals surface area contributed by atoms with E-state index in [1.807, 2.05) is 41.7 Å². The number of nitrogens with zero attached hydrogens (tertiary/aromatic N) is 1. The fourth-order valence-corrected chi connectivity index (χ4v) is 6.27. The van der Waals surface area contributed by atoms with E-state index in [4.69, 9.17) is 4.99 Å². The number of hydrogen-bond donors (Lipinski definition) is 0. The Morgan fingerprint density at radius 1 is 0.846 bits per heavy atom. The lowest BCUT2D eigenvalue weighted by molar-refractivity contribution is 0.626. The van der Waals surface area contributed by atoms with E-state index in [1.165, 1.54) is 15.4 Å². The lowest BCUT2D eigenvalue weighted by atomic mass is 9.90. The molecule has 2 aliphatic heterocycles. The summed E-state index contributed by atoms with van der Waals surface area (Å²) in [4.78, 5) is 7.59. The van der Waals surface area contributed by atoms with Crippen LogP contribution in [-0.2, 0) is 0 Å². The van der Waals surface area contributed by atoms with Crippen molar-refractivity contribution in [2.75, 3.05) is 5.75 Å². The predicted octanol–water partition coefficient (Wildman–Crippen LogP) is 6.52. The minimum atomic E-state index is -0.190. The molecule has 3 aromatic rings. The average Bonchev–Trinajstić information content (AvgIpc) is 2.85. The van der Waals surface area contributed by atoms with Gasteiger partial charge in [-0.05, 0) is 35.9 Å². The summed E-state index contributed by atoms with van der Waals surface area (Å²) >= 11 is 3.74. The van der Waals surface area contributed by atoms with Crippen LogP contribution in [0.3, 0.4) is 0 Å². The zero-order chi connectivity index (χ0) is 17.5. The second-order valence-electron chi connectivity index (χ2n) is 6.47. The van der Waals surface area contributed by atoms with Crippen LogP contribution in [-0.4, -0.2) is 11.5 Å². The summed E-state index contributed by atoms with van der Waals surface area (Å²) in [7, 11) is 0. The molecule has 0 unspecified atom stereocenters. The van der Waals surface area contributed by atoms with Crippen molar-refractivity contribution in [1.82, 2.24) is 0 Å². The van der Waals surface area contributed by atoms with Crippen molar-refractivity contribution < 1.29 is 4.39 Å². The van der Waals surface area contributed by atoms with Gasteiger partial charge < -0.3 is 0 Å². The molecule has 128 valence electrons. The zero-order valence-electron chi connectivity index (χ0n) is 13.9. The van der Waals surface area contributed by atoms with Crippen LogP contribution in [0.2, 0.25) is 0 Å². The molecule has 0 bridgehead atoms. The number of fused-ring (bicyclic) bond motifs is 4. The molecule has 26 heavy (non-hydrogen) atoms. The number of rotatable bonds is 1. The van der Waals surface area contributed by atoms with Gasteiger partial charge in [-0.1, -0.05) is 42.5 Å². The standard InChI is InChI=1S/C22H16FNS2/c23-15-11-9-14(10-12-15)22-17-13-25-19-7-3-1-5-16(19)21(17)24-18-6-2-4-8-20(18)26-22/h1-12,17,22H,13H2/t17-,22-/m1/s1. The molecule has 0 spiro atoms. The molecular formula is C22H16FNS2. The molecule has 0 amide bonds. The van der Waals surface area contributed by atoms with Crippen molar-refractivity contribution in [2.45, 2.75) is 15.0 Å². The molecule has 2 aliphatic rings. The first kappa shape index (κ1) is 16.2. The van der Waals surface area contributed by atoms with Crippen molar-refractivity contribution in [3.8, 4) is 0 Å². The average molecular weight is 378 g/mol. The van der Waals surface area contributed by atoms with E-state index in [1.54, 1.807) is 12.1 Å². The quantitative estimate of drug-likeness (QED) is 0.479. The molecule has 0 fully saturated rings. The van der Waals surface area contributed by atoms with E-state index >= 15 is 0 Å². The van der Waals surface area contributed by atoms with Crippen molar-refractivity contribution in [3.63, 3.8) is 0 Å². The van der Waals surface area contributed by atoms with E-state index in [0.29, 0.717) is 0 Å². The van der Waals surface area contributed by atoms with Crippen LogP contribution >= 0.6 is 23.5 Å². The van der Waals surface area contributed by atoms with Crippen LogP contribution in [0.25, 0.3) is 0 Å². The Kier molecular flexibility index (Phi) is 4.10. The van der Waals surface area contributed by atoms with Gasteiger partial charge in [0.1, 0.15) is 5.82 Å². The normalized spacial score (nSPS) is 21.0. The van der Waals surface area contributed by atoms with Crippen molar-refractivity contribution >= 4 is 34.9 Å². The third-order valence-corrected chi connectivity index (χ3v) is 7.50. The maximum absolute atomic E-state index is 13.5. The van der Waals surface area contributed by atoms with Gasteiger partial charge in [0.15, 0.2) is 0 Å². The van der Waals surface area contributed by atoms with Crippen molar-refractivity contribution in [2.24, 2.45) is 10.9 Å². The van der Waals surface area contributed by atoms with Gasteiger partial charge in [-0.15, -0.1) is 23.5 Å². The van der Waals surface area contributed by atoms with Crippen LogP contribution in [0.4, 0.5) is 10.1 Å². The maximum atomic E-state index is 13.5. The number of halogens is 1. The number of aliphatic imine (C=N–C) groups is 1. The first-order chi connectivity index (χ1) is 12.8. The van der Waals surface area contributed by atoms with Gasteiger partial charge in [0, 0.05) is 32.3 Å². The maximum Gasteiger partial charge on any atom is 0.123 e. The summed E-state index contributed by atoms with van der Waals surface area (Å²) in [5.41, 5.74) is 4.58. The molecule has 0 saturated heterocycles. The van der Waals surface area contributed by atoms with Crippen molar-refractivity contribution in [3.05, 3.63) is 89.7 Å². The van der Waals surface area contributed by atoms with E-state index in [2.05, 4.69) is 42.5 Å². The van der Waals surface area contributed by atoms with Gasteiger partial charge in [-0.3, -0.25) is 4.99 Å². The molecule has 1 nitrogen and oxygen atoms in total. The summed E-state index contributed by atoms with van der Waals surface area (Å²) < 4.78 is 13.5. The van der Waals surface area contributed by atoms with Gasteiger partial charge in [0.05, 0.1) is 11.4 Å².